The number of sulfonamides is 1. The van der Waals surface area contributed by atoms with Crippen LogP contribution in [-0.2, 0) is 21.3 Å². The zero-order valence-electron chi connectivity index (χ0n) is 18.6. The fraction of sp³-hybridized carbons (Fsp3) is 0.667. The Bertz CT molecular complexity index is 792. The van der Waals surface area contributed by atoms with Crippen LogP contribution in [-0.4, -0.2) is 70.4 Å². The molecule has 1 heterocycles. The van der Waals surface area contributed by atoms with Crippen molar-refractivity contribution in [3.63, 3.8) is 0 Å². The molecule has 30 heavy (non-hydrogen) atoms. The molecular weight excluding hydrogens is 404 g/mol. The van der Waals surface area contributed by atoms with E-state index in [4.69, 9.17) is 9.47 Å². The summed E-state index contributed by atoms with van der Waals surface area (Å²) in [6, 6.07) is 6.17. The summed E-state index contributed by atoms with van der Waals surface area (Å²) >= 11 is 0. The molecule has 0 bridgehead atoms. The molecule has 9 heteroatoms. The quantitative estimate of drug-likeness (QED) is 0.310. The van der Waals surface area contributed by atoms with Crippen molar-refractivity contribution < 1.29 is 17.9 Å². The average Bonchev–Trinajstić information content (AvgIpc) is 3.23. The molecule has 0 amide bonds. The number of nitrogens with zero attached hydrogens (tertiary/aromatic N) is 2. The molecule has 0 radical (unpaired) electrons. The number of benzene rings is 1. The van der Waals surface area contributed by atoms with Crippen molar-refractivity contribution in [1.82, 2.24) is 14.9 Å². The lowest BCUT2D eigenvalue weighted by Crippen LogP contribution is -2.39. The van der Waals surface area contributed by atoms with Crippen LogP contribution in [0.3, 0.4) is 0 Å². The Balaban J connectivity index is 1.93. The summed E-state index contributed by atoms with van der Waals surface area (Å²) in [4.78, 5) is 4.68. The third-order valence-corrected chi connectivity index (χ3v) is 6.80. The Morgan fingerprint density at radius 3 is 2.80 bits per heavy atom. The summed E-state index contributed by atoms with van der Waals surface area (Å²) < 4.78 is 36.6. The maximum Gasteiger partial charge on any atom is 0.213 e. The summed E-state index contributed by atoms with van der Waals surface area (Å²) in [6.45, 7) is 9.42. The summed E-state index contributed by atoms with van der Waals surface area (Å²) in [5, 5.41) is 6.51. The molecule has 1 saturated heterocycles. The van der Waals surface area contributed by atoms with E-state index in [9.17, 15) is 8.42 Å². The molecule has 8 nitrogen and oxygen atoms in total. The molecule has 1 aliphatic rings. The van der Waals surface area contributed by atoms with Crippen molar-refractivity contribution in [2.45, 2.75) is 46.3 Å². The fourth-order valence-corrected chi connectivity index (χ4v) is 3.91. The number of hydrogen-bond donors (Lipinski definition) is 2. The lowest BCUT2D eigenvalue weighted by Gasteiger charge is -2.17. The highest BCUT2D eigenvalue weighted by Gasteiger charge is 2.19. The number of aryl methyl sites for hydroxylation is 1. The highest BCUT2D eigenvalue weighted by molar-refractivity contribution is 7.89. The average molecular weight is 441 g/mol. The standard InChI is InChI=1S/C21H36N4O4S/c1-5-22-21(23-11-7-12-25(4)30(26,27)6-2)24-15-18-9-8-17(3)14-20(18)29-19-10-13-28-16-19/h8-9,14,19H,5-7,10-13,15-16H2,1-4H3,(H2,22,23,24). The number of ether oxygens (including phenoxy) is 2. The largest absolute Gasteiger partial charge is 0.488 e. The first-order chi connectivity index (χ1) is 14.4. The smallest absolute Gasteiger partial charge is 0.213 e. The maximum absolute atomic E-state index is 11.8. The third-order valence-electron chi connectivity index (χ3n) is 4.94. The monoisotopic (exact) mass is 440 g/mol. The summed E-state index contributed by atoms with van der Waals surface area (Å²) in [5.74, 6) is 1.68. The van der Waals surface area contributed by atoms with Gasteiger partial charge in [0.1, 0.15) is 11.9 Å². The van der Waals surface area contributed by atoms with Crippen LogP contribution < -0.4 is 15.4 Å². The van der Waals surface area contributed by atoms with E-state index in [1.165, 1.54) is 4.31 Å². The second kappa shape index (κ2) is 12.1. The molecule has 0 aromatic heterocycles. The van der Waals surface area contributed by atoms with Gasteiger partial charge in [-0.2, -0.15) is 0 Å². The second-order valence-electron chi connectivity index (χ2n) is 7.41. The van der Waals surface area contributed by atoms with Gasteiger partial charge < -0.3 is 20.1 Å². The summed E-state index contributed by atoms with van der Waals surface area (Å²) in [6.07, 6.45) is 1.70. The van der Waals surface area contributed by atoms with E-state index in [0.717, 1.165) is 36.4 Å². The van der Waals surface area contributed by atoms with Crippen LogP contribution in [0.2, 0.25) is 0 Å². The van der Waals surface area contributed by atoms with E-state index < -0.39 is 10.0 Å². The SMILES string of the molecule is CCNC(=NCc1ccc(C)cc1OC1CCOC1)NCCCN(C)S(=O)(=O)CC. The van der Waals surface area contributed by atoms with E-state index in [1.54, 1.807) is 14.0 Å². The molecule has 0 saturated carbocycles. The van der Waals surface area contributed by atoms with Crippen molar-refractivity contribution in [2.24, 2.45) is 4.99 Å². The van der Waals surface area contributed by atoms with Gasteiger partial charge in [-0.05, 0) is 38.8 Å². The van der Waals surface area contributed by atoms with Crippen LogP contribution in [0, 0.1) is 6.92 Å². The van der Waals surface area contributed by atoms with E-state index in [0.29, 0.717) is 38.6 Å². The lowest BCUT2D eigenvalue weighted by molar-refractivity contribution is 0.140. The van der Waals surface area contributed by atoms with Crippen LogP contribution in [0.1, 0.15) is 37.8 Å². The van der Waals surface area contributed by atoms with Gasteiger partial charge in [0.2, 0.25) is 10.0 Å². The van der Waals surface area contributed by atoms with E-state index in [1.807, 2.05) is 19.9 Å². The van der Waals surface area contributed by atoms with Gasteiger partial charge in [0, 0.05) is 38.7 Å². The molecule has 2 rings (SSSR count). The van der Waals surface area contributed by atoms with Crippen LogP contribution in [0.4, 0.5) is 0 Å². The van der Waals surface area contributed by atoms with E-state index in [2.05, 4.69) is 27.8 Å². The molecule has 1 aromatic carbocycles. The Labute approximate surface area is 181 Å². The van der Waals surface area contributed by atoms with Gasteiger partial charge in [0.05, 0.1) is 25.5 Å². The Morgan fingerprint density at radius 1 is 1.33 bits per heavy atom. The molecule has 2 N–H and O–H groups in total. The number of hydrogen-bond acceptors (Lipinski definition) is 5. The van der Waals surface area contributed by atoms with Crippen molar-refractivity contribution in [2.75, 3.05) is 45.6 Å². The van der Waals surface area contributed by atoms with Gasteiger partial charge in [-0.1, -0.05) is 12.1 Å². The molecule has 0 spiro atoms. The van der Waals surface area contributed by atoms with Gasteiger partial charge in [-0.25, -0.2) is 17.7 Å². The minimum absolute atomic E-state index is 0.0947. The molecule has 170 valence electrons. The molecule has 1 unspecified atom stereocenters. The lowest BCUT2D eigenvalue weighted by atomic mass is 10.1. The first kappa shape index (κ1) is 24.4. The molecule has 1 aliphatic heterocycles. The third kappa shape index (κ3) is 7.77. The van der Waals surface area contributed by atoms with Crippen LogP contribution in [0.5, 0.6) is 5.75 Å². The second-order valence-corrected chi connectivity index (χ2v) is 9.78. The number of rotatable bonds is 11. The number of aliphatic imine (C=N–C) groups is 1. The van der Waals surface area contributed by atoms with Crippen molar-refractivity contribution in [1.29, 1.82) is 0 Å². The predicted octanol–water partition coefficient (Wildman–Crippen LogP) is 1.89. The molecule has 1 atom stereocenters. The zero-order chi connectivity index (χ0) is 22.0. The van der Waals surface area contributed by atoms with Gasteiger partial charge in [0.15, 0.2) is 5.96 Å². The summed E-state index contributed by atoms with van der Waals surface area (Å²) in [5.41, 5.74) is 2.17. The first-order valence-electron chi connectivity index (χ1n) is 10.7. The van der Waals surface area contributed by atoms with Crippen LogP contribution >= 0.6 is 0 Å². The first-order valence-corrected chi connectivity index (χ1v) is 12.3. The molecule has 1 fully saturated rings. The van der Waals surface area contributed by atoms with Gasteiger partial charge in [-0.3, -0.25) is 0 Å². The molecular formula is C21H36N4O4S. The van der Waals surface area contributed by atoms with Crippen molar-refractivity contribution >= 4 is 16.0 Å². The van der Waals surface area contributed by atoms with Crippen LogP contribution in [0.25, 0.3) is 0 Å². The Hall–Kier alpha value is -1.84. The van der Waals surface area contributed by atoms with Gasteiger partial charge >= 0.3 is 0 Å². The van der Waals surface area contributed by atoms with E-state index in [-0.39, 0.29) is 11.9 Å². The Kier molecular flexibility index (Phi) is 9.87. The highest BCUT2D eigenvalue weighted by Crippen LogP contribution is 2.24. The Morgan fingerprint density at radius 2 is 2.13 bits per heavy atom. The minimum atomic E-state index is -3.14. The van der Waals surface area contributed by atoms with Crippen LogP contribution in [0.15, 0.2) is 23.2 Å². The normalized spacial score (nSPS) is 17.4. The minimum Gasteiger partial charge on any atom is -0.488 e. The van der Waals surface area contributed by atoms with Gasteiger partial charge in [-0.15, -0.1) is 0 Å². The van der Waals surface area contributed by atoms with E-state index >= 15 is 0 Å². The fourth-order valence-electron chi connectivity index (χ4n) is 3.06. The van der Waals surface area contributed by atoms with Crippen molar-refractivity contribution in [3.05, 3.63) is 29.3 Å². The predicted molar refractivity (Wildman–Crippen MR) is 121 cm³/mol. The molecule has 0 aliphatic carbocycles. The topological polar surface area (TPSA) is 92.3 Å². The number of guanidine groups is 1. The van der Waals surface area contributed by atoms with Gasteiger partial charge in [0.25, 0.3) is 0 Å². The van der Waals surface area contributed by atoms with Crippen molar-refractivity contribution in [3.8, 4) is 5.75 Å². The number of nitrogens with one attached hydrogen (secondary N) is 2. The zero-order valence-corrected chi connectivity index (χ0v) is 19.4. The maximum atomic E-state index is 11.8. The molecule has 1 aromatic rings. The highest BCUT2D eigenvalue weighted by atomic mass is 32.2. The summed E-state index contributed by atoms with van der Waals surface area (Å²) in [7, 11) is -1.52.